The van der Waals surface area contributed by atoms with Crippen LogP contribution in [-0.4, -0.2) is 32.1 Å². The van der Waals surface area contributed by atoms with Gasteiger partial charge in [-0.2, -0.15) is 11.8 Å². The van der Waals surface area contributed by atoms with E-state index in [1.807, 2.05) is 11.8 Å². The van der Waals surface area contributed by atoms with Gasteiger partial charge in [-0.3, -0.25) is 4.79 Å². The first kappa shape index (κ1) is 12.4. The van der Waals surface area contributed by atoms with Gasteiger partial charge >= 0.3 is 5.97 Å². The Hall–Kier alpha value is -0.680. The number of rotatable bonds is 2. The highest BCUT2D eigenvalue weighted by Gasteiger charge is 2.32. The van der Waals surface area contributed by atoms with Crippen molar-refractivity contribution in [3.63, 3.8) is 0 Å². The molecule has 1 fully saturated rings. The monoisotopic (exact) mass is 286 g/mol. The molecular formula is C12H15ClN2O2S. The Bertz CT molecular complexity index is 483. The van der Waals surface area contributed by atoms with Crippen LogP contribution in [0.3, 0.4) is 0 Å². The lowest BCUT2D eigenvalue weighted by Crippen LogP contribution is -2.26. The highest BCUT2D eigenvalue weighted by molar-refractivity contribution is 7.99. The van der Waals surface area contributed by atoms with Crippen LogP contribution in [0.25, 0.3) is 0 Å². The van der Waals surface area contributed by atoms with Crippen LogP contribution in [0.4, 0.5) is 0 Å². The smallest absolute Gasteiger partial charge is 0.306 e. The summed E-state index contributed by atoms with van der Waals surface area (Å²) in [6, 6.07) is 0. The minimum absolute atomic E-state index is 0.308. The first-order chi connectivity index (χ1) is 8.66. The average Bonchev–Trinajstić information content (AvgIpc) is 2.97. The van der Waals surface area contributed by atoms with E-state index in [9.17, 15) is 4.79 Å². The van der Waals surface area contributed by atoms with Gasteiger partial charge in [0.25, 0.3) is 0 Å². The van der Waals surface area contributed by atoms with Crippen molar-refractivity contribution >= 4 is 29.3 Å². The van der Waals surface area contributed by atoms with Crippen molar-refractivity contribution in [3.05, 3.63) is 16.7 Å². The summed E-state index contributed by atoms with van der Waals surface area (Å²) < 4.78 is 2.16. The molecule has 3 heterocycles. The number of aliphatic carboxylic acids is 1. The largest absolute Gasteiger partial charge is 0.481 e. The van der Waals surface area contributed by atoms with E-state index in [0.29, 0.717) is 23.9 Å². The van der Waals surface area contributed by atoms with Gasteiger partial charge in [0.15, 0.2) is 5.15 Å². The lowest BCUT2D eigenvalue weighted by molar-refractivity contribution is -0.142. The Kier molecular flexibility index (Phi) is 3.28. The molecule has 1 saturated heterocycles. The molecule has 0 spiro atoms. The number of carboxylic acid groups (broad SMARTS) is 1. The molecule has 18 heavy (non-hydrogen) atoms. The maximum absolute atomic E-state index is 11.1. The molecule has 1 aromatic heterocycles. The van der Waals surface area contributed by atoms with E-state index >= 15 is 0 Å². The second-order valence-electron chi connectivity index (χ2n) is 4.95. The Labute approximate surface area is 115 Å². The number of thioether (sulfide) groups is 1. The fraction of sp³-hybridized carbons (Fsp3) is 0.667. The fourth-order valence-electron chi connectivity index (χ4n) is 2.80. The quantitative estimate of drug-likeness (QED) is 0.907. The standard InChI is InChI=1S/C12H15ClN2O2S/c13-10-9-5-7(12(16)17)1-3-15(9)11(14-10)8-2-4-18-6-8/h7-8H,1-6H2,(H,16,17). The molecule has 0 radical (unpaired) electrons. The average molecular weight is 287 g/mol. The molecule has 0 aromatic carbocycles. The van der Waals surface area contributed by atoms with Crippen LogP contribution >= 0.6 is 23.4 Å². The number of fused-ring (bicyclic) bond motifs is 1. The molecule has 2 aliphatic rings. The molecule has 1 N–H and O–H groups in total. The van der Waals surface area contributed by atoms with Crippen LogP contribution in [-0.2, 0) is 17.8 Å². The predicted octanol–water partition coefficient (Wildman–Crippen LogP) is 2.40. The Morgan fingerprint density at radius 1 is 1.50 bits per heavy atom. The van der Waals surface area contributed by atoms with Gasteiger partial charge in [-0.25, -0.2) is 4.98 Å². The first-order valence-electron chi connectivity index (χ1n) is 6.22. The zero-order valence-corrected chi connectivity index (χ0v) is 11.5. The van der Waals surface area contributed by atoms with Gasteiger partial charge in [0, 0.05) is 24.6 Å². The molecule has 0 saturated carbocycles. The molecule has 0 amide bonds. The molecule has 2 atom stereocenters. The molecule has 0 bridgehead atoms. The summed E-state index contributed by atoms with van der Waals surface area (Å²) in [6.07, 6.45) is 2.35. The van der Waals surface area contributed by atoms with Gasteiger partial charge in [0.2, 0.25) is 0 Å². The summed E-state index contributed by atoms with van der Waals surface area (Å²) in [5, 5.41) is 9.60. The van der Waals surface area contributed by atoms with E-state index in [0.717, 1.165) is 30.2 Å². The number of aromatic nitrogens is 2. The summed E-state index contributed by atoms with van der Waals surface area (Å²) in [4.78, 5) is 15.6. The van der Waals surface area contributed by atoms with E-state index in [4.69, 9.17) is 16.7 Å². The molecule has 3 rings (SSSR count). The Balaban J connectivity index is 1.92. The van der Waals surface area contributed by atoms with Crippen LogP contribution in [0.2, 0.25) is 5.15 Å². The number of carbonyl (C=O) groups is 1. The third-order valence-electron chi connectivity index (χ3n) is 3.84. The topological polar surface area (TPSA) is 55.1 Å². The van der Waals surface area contributed by atoms with Gasteiger partial charge in [0.1, 0.15) is 5.82 Å². The van der Waals surface area contributed by atoms with Crippen molar-refractivity contribution in [3.8, 4) is 0 Å². The van der Waals surface area contributed by atoms with Crippen molar-refractivity contribution in [1.29, 1.82) is 0 Å². The van der Waals surface area contributed by atoms with Crippen molar-refractivity contribution in [1.82, 2.24) is 9.55 Å². The molecule has 4 nitrogen and oxygen atoms in total. The molecule has 2 unspecified atom stereocenters. The first-order valence-corrected chi connectivity index (χ1v) is 7.75. The fourth-order valence-corrected chi connectivity index (χ4v) is 4.28. The van der Waals surface area contributed by atoms with Crippen LogP contribution in [0, 0.1) is 5.92 Å². The summed E-state index contributed by atoms with van der Waals surface area (Å²) >= 11 is 8.13. The Morgan fingerprint density at radius 2 is 2.33 bits per heavy atom. The maximum atomic E-state index is 11.1. The minimum Gasteiger partial charge on any atom is -0.481 e. The summed E-state index contributed by atoms with van der Waals surface area (Å²) in [5.74, 6) is 2.82. The minimum atomic E-state index is -0.725. The number of halogens is 1. The second-order valence-corrected chi connectivity index (χ2v) is 6.46. The third kappa shape index (κ3) is 2.03. The van der Waals surface area contributed by atoms with Crippen LogP contribution in [0.5, 0.6) is 0 Å². The normalized spacial score (nSPS) is 27.2. The van der Waals surface area contributed by atoms with Gasteiger partial charge in [0.05, 0.1) is 11.6 Å². The van der Waals surface area contributed by atoms with Crippen molar-refractivity contribution < 1.29 is 9.90 Å². The predicted molar refractivity (Wildman–Crippen MR) is 71.4 cm³/mol. The summed E-state index contributed by atoms with van der Waals surface area (Å²) in [7, 11) is 0. The number of carboxylic acids is 1. The highest BCUT2D eigenvalue weighted by atomic mass is 35.5. The number of imidazole rings is 1. The van der Waals surface area contributed by atoms with Gasteiger partial charge in [-0.1, -0.05) is 11.6 Å². The Morgan fingerprint density at radius 3 is 3.00 bits per heavy atom. The number of hydrogen-bond acceptors (Lipinski definition) is 3. The van der Waals surface area contributed by atoms with Gasteiger partial charge in [-0.15, -0.1) is 0 Å². The van der Waals surface area contributed by atoms with E-state index in [1.165, 1.54) is 5.75 Å². The zero-order chi connectivity index (χ0) is 12.7. The van der Waals surface area contributed by atoms with E-state index in [2.05, 4.69) is 9.55 Å². The highest BCUT2D eigenvalue weighted by Crippen LogP contribution is 2.36. The number of nitrogens with zero attached hydrogens (tertiary/aromatic N) is 2. The summed E-state index contributed by atoms with van der Waals surface area (Å²) in [5.41, 5.74) is 0.919. The number of hydrogen-bond donors (Lipinski definition) is 1. The lowest BCUT2D eigenvalue weighted by atomic mass is 9.96. The SMILES string of the molecule is O=C(O)C1CCn2c(C3CCSC3)nc(Cl)c2C1. The van der Waals surface area contributed by atoms with Crippen LogP contribution in [0.15, 0.2) is 0 Å². The van der Waals surface area contributed by atoms with E-state index < -0.39 is 5.97 Å². The maximum Gasteiger partial charge on any atom is 0.306 e. The molecule has 6 heteroatoms. The lowest BCUT2D eigenvalue weighted by Gasteiger charge is -2.23. The van der Waals surface area contributed by atoms with Crippen molar-refractivity contribution in [2.24, 2.45) is 5.92 Å². The molecule has 0 aliphatic carbocycles. The van der Waals surface area contributed by atoms with Crippen LogP contribution < -0.4 is 0 Å². The van der Waals surface area contributed by atoms with Crippen molar-refractivity contribution in [2.45, 2.75) is 31.7 Å². The van der Waals surface area contributed by atoms with E-state index in [-0.39, 0.29) is 5.92 Å². The third-order valence-corrected chi connectivity index (χ3v) is 5.30. The molecule has 1 aromatic rings. The van der Waals surface area contributed by atoms with Crippen LogP contribution in [0.1, 0.15) is 30.3 Å². The van der Waals surface area contributed by atoms with Crippen molar-refractivity contribution in [2.75, 3.05) is 11.5 Å². The molecular weight excluding hydrogens is 272 g/mol. The van der Waals surface area contributed by atoms with E-state index in [1.54, 1.807) is 0 Å². The second kappa shape index (κ2) is 4.78. The zero-order valence-electron chi connectivity index (χ0n) is 9.93. The molecule has 2 aliphatic heterocycles. The van der Waals surface area contributed by atoms with Gasteiger partial charge < -0.3 is 9.67 Å². The molecule has 98 valence electrons. The summed E-state index contributed by atoms with van der Waals surface area (Å²) in [6.45, 7) is 0.739. The van der Waals surface area contributed by atoms with Gasteiger partial charge in [-0.05, 0) is 18.6 Å².